The summed E-state index contributed by atoms with van der Waals surface area (Å²) in [6.45, 7) is 6.59. The van der Waals surface area contributed by atoms with Gasteiger partial charge in [0, 0.05) is 42.3 Å². The fourth-order valence-corrected chi connectivity index (χ4v) is 3.32. The van der Waals surface area contributed by atoms with Crippen LogP contribution in [0.1, 0.15) is 24.5 Å². The number of carbonyl (C=O) groups excluding carboxylic acids is 1. The van der Waals surface area contributed by atoms with E-state index in [0.717, 1.165) is 36.3 Å². The highest BCUT2D eigenvalue weighted by Gasteiger charge is 2.13. The van der Waals surface area contributed by atoms with Gasteiger partial charge in [0.05, 0.1) is 12.9 Å². The summed E-state index contributed by atoms with van der Waals surface area (Å²) in [5.41, 5.74) is 2.76. The molecule has 1 aromatic heterocycles. The predicted octanol–water partition coefficient (Wildman–Crippen LogP) is 4.44. The molecule has 1 amide bonds. The second-order valence-electron chi connectivity index (χ2n) is 7.36. The van der Waals surface area contributed by atoms with Gasteiger partial charge in [-0.25, -0.2) is 4.98 Å². The molecular weight excluding hydrogens is 428 g/mol. The molecule has 3 rings (SSSR count). The first kappa shape index (κ1) is 23.6. The van der Waals surface area contributed by atoms with E-state index in [1.165, 1.54) is 0 Å². The molecule has 3 aromatic rings. The number of benzene rings is 2. The summed E-state index contributed by atoms with van der Waals surface area (Å²) in [7, 11) is 0. The molecule has 0 saturated heterocycles. The van der Waals surface area contributed by atoms with Crippen molar-refractivity contribution in [2.24, 2.45) is 0 Å². The second-order valence-corrected chi connectivity index (χ2v) is 7.76. The van der Waals surface area contributed by atoms with E-state index < -0.39 is 0 Å². The number of amides is 1. The third-order valence-electron chi connectivity index (χ3n) is 4.75. The molecule has 0 radical (unpaired) electrons. The van der Waals surface area contributed by atoms with Gasteiger partial charge in [0.15, 0.2) is 18.1 Å². The number of hydrogen-bond donors (Lipinski definition) is 2. The zero-order valence-electron chi connectivity index (χ0n) is 18.4. The Kier molecular flexibility index (Phi) is 8.95. The van der Waals surface area contributed by atoms with Crippen LogP contribution in [0.15, 0.2) is 55.1 Å². The Bertz CT molecular complexity index is 991. The molecule has 0 spiro atoms. The number of hydrogen-bond acceptors (Lipinski definition) is 5. The molecule has 2 aromatic carbocycles. The largest absolute Gasteiger partial charge is 0.490 e. The maximum atomic E-state index is 12.3. The smallest absolute Gasteiger partial charge is 0.262 e. The first-order chi connectivity index (χ1) is 15.5. The van der Waals surface area contributed by atoms with E-state index in [2.05, 4.69) is 15.6 Å². The van der Waals surface area contributed by atoms with E-state index >= 15 is 0 Å². The van der Waals surface area contributed by atoms with Crippen molar-refractivity contribution in [1.82, 2.24) is 14.9 Å². The van der Waals surface area contributed by atoms with E-state index in [-0.39, 0.29) is 12.5 Å². The number of carbonyl (C=O) groups is 1. The van der Waals surface area contributed by atoms with Crippen LogP contribution in [0.5, 0.6) is 11.5 Å². The van der Waals surface area contributed by atoms with Gasteiger partial charge in [-0.1, -0.05) is 29.3 Å². The van der Waals surface area contributed by atoms with Crippen LogP contribution in [0, 0.1) is 6.92 Å². The predicted molar refractivity (Wildman–Crippen MR) is 126 cm³/mol. The molecule has 7 nitrogen and oxygen atoms in total. The van der Waals surface area contributed by atoms with Crippen LogP contribution < -0.4 is 20.1 Å². The summed E-state index contributed by atoms with van der Waals surface area (Å²) in [4.78, 5) is 16.3. The molecule has 0 aliphatic rings. The summed E-state index contributed by atoms with van der Waals surface area (Å²) in [5, 5.41) is 6.77. The van der Waals surface area contributed by atoms with Crippen molar-refractivity contribution in [1.29, 1.82) is 0 Å². The van der Waals surface area contributed by atoms with Crippen LogP contribution in [0.25, 0.3) is 0 Å². The molecule has 0 bridgehead atoms. The van der Waals surface area contributed by atoms with Gasteiger partial charge in [-0.05, 0) is 50.6 Å². The fraction of sp³-hybridized carbons (Fsp3) is 0.333. The minimum atomic E-state index is -0.254. The van der Waals surface area contributed by atoms with E-state index in [1.54, 1.807) is 12.3 Å². The number of ether oxygens (including phenoxy) is 2. The van der Waals surface area contributed by atoms with Crippen molar-refractivity contribution >= 4 is 23.2 Å². The zero-order valence-corrected chi connectivity index (χ0v) is 19.2. The third kappa shape index (κ3) is 7.28. The molecule has 170 valence electrons. The number of anilines is 1. The van der Waals surface area contributed by atoms with Gasteiger partial charge in [0.25, 0.3) is 5.91 Å². The first-order valence-corrected chi connectivity index (χ1v) is 11.0. The number of rotatable bonds is 12. The zero-order chi connectivity index (χ0) is 22.8. The van der Waals surface area contributed by atoms with E-state index in [9.17, 15) is 4.79 Å². The van der Waals surface area contributed by atoms with E-state index in [0.29, 0.717) is 29.7 Å². The van der Waals surface area contributed by atoms with Crippen molar-refractivity contribution in [3.8, 4) is 11.5 Å². The normalized spacial score (nSPS) is 10.7. The van der Waals surface area contributed by atoms with Crippen LogP contribution in [0.2, 0.25) is 5.02 Å². The molecular formula is C24H29ClN4O3. The fourth-order valence-electron chi connectivity index (χ4n) is 3.10. The second kappa shape index (κ2) is 12.1. The van der Waals surface area contributed by atoms with Crippen molar-refractivity contribution < 1.29 is 14.3 Å². The minimum Gasteiger partial charge on any atom is -0.490 e. The highest BCUT2D eigenvalue weighted by atomic mass is 35.5. The lowest BCUT2D eigenvalue weighted by Gasteiger charge is -2.15. The molecule has 2 N–H and O–H groups in total. The summed E-state index contributed by atoms with van der Waals surface area (Å²) in [6.07, 6.45) is 6.51. The van der Waals surface area contributed by atoms with E-state index in [4.69, 9.17) is 21.1 Å². The van der Waals surface area contributed by atoms with Gasteiger partial charge in [-0.3, -0.25) is 4.79 Å². The lowest BCUT2D eigenvalue weighted by Crippen LogP contribution is -2.20. The Morgan fingerprint density at radius 1 is 1.16 bits per heavy atom. The van der Waals surface area contributed by atoms with Crippen LogP contribution in [0.3, 0.4) is 0 Å². The summed E-state index contributed by atoms with van der Waals surface area (Å²) in [6, 6.07) is 11.2. The van der Waals surface area contributed by atoms with Gasteiger partial charge in [0.2, 0.25) is 0 Å². The maximum Gasteiger partial charge on any atom is 0.262 e. The van der Waals surface area contributed by atoms with Crippen molar-refractivity contribution in [3.63, 3.8) is 0 Å². The van der Waals surface area contributed by atoms with Crippen LogP contribution in [-0.4, -0.2) is 35.2 Å². The van der Waals surface area contributed by atoms with Gasteiger partial charge < -0.3 is 24.7 Å². The SMILES string of the molecule is CCOc1cc(CNCCCn2ccnc2)c(Cl)cc1OCC(=O)Nc1ccc(C)cc1. The molecule has 1 heterocycles. The highest BCUT2D eigenvalue weighted by Crippen LogP contribution is 2.33. The van der Waals surface area contributed by atoms with Crippen LogP contribution >= 0.6 is 11.6 Å². The number of aryl methyl sites for hydroxylation is 2. The Hall–Kier alpha value is -3.03. The van der Waals surface area contributed by atoms with Crippen LogP contribution in [-0.2, 0) is 17.9 Å². The van der Waals surface area contributed by atoms with E-state index in [1.807, 2.05) is 61.3 Å². The Morgan fingerprint density at radius 2 is 1.94 bits per heavy atom. The molecule has 8 heteroatoms. The number of nitrogens with zero attached hydrogens (tertiary/aromatic N) is 2. The molecule has 0 atom stereocenters. The summed E-state index contributed by atoms with van der Waals surface area (Å²) >= 11 is 6.47. The third-order valence-corrected chi connectivity index (χ3v) is 5.10. The molecule has 0 saturated carbocycles. The highest BCUT2D eigenvalue weighted by molar-refractivity contribution is 6.31. The van der Waals surface area contributed by atoms with Gasteiger partial charge in [-0.15, -0.1) is 0 Å². The first-order valence-electron chi connectivity index (χ1n) is 10.7. The quantitative estimate of drug-likeness (QED) is 0.394. The van der Waals surface area contributed by atoms with Crippen molar-refractivity contribution in [2.75, 3.05) is 25.1 Å². The Labute approximate surface area is 193 Å². The number of imidazole rings is 1. The number of aromatic nitrogens is 2. The lowest BCUT2D eigenvalue weighted by atomic mass is 10.2. The number of nitrogens with one attached hydrogen (secondary N) is 2. The molecule has 0 aliphatic carbocycles. The van der Waals surface area contributed by atoms with Gasteiger partial charge in [0.1, 0.15) is 0 Å². The van der Waals surface area contributed by atoms with Gasteiger partial charge in [-0.2, -0.15) is 0 Å². The molecule has 0 unspecified atom stereocenters. The van der Waals surface area contributed by atoms with Crippen molar-refractivity contribution in [3.05, 3.63) is 71.3 Å². The average molecular weight is 457 g/mol. The van der Waals surface area contributed by atoms with Gasteiger partial charge >= 0.3 is 0 Å². The lowest BCUT2D eigenvalue weighted by molar-refractivity contribution is -0.118. The monoisotopic (exact) mass is 456 g/mol. The topological polar surface area (TPSA) is 77.4 Å². The molecule has 32 heavy (non-hydrogen) atoms. The standard InChI is InChI=1S/C24H29ClN4O3/c1-3-31-22-13-19(15-26-9-4-11-29-12-10-27-17-29)21(25)14-23(22)32-16-24(30)28-20-7-5-18(2)6-8-20/h5-8,10,12-14,17,26H,3-4,9,11,15-16H2,1-2H3,(H,28,30). The summed E-state index contributed by atoms with van der Waals surface area (Å²) in [5.74, 6) is 0.756. The average Bonchev–Trinajstić information content (AvgIpc) is 3.29. The number of halogens is 1. The van der Waals surface area contributed by atoms with Crippen LogP contribution in [0.4, 0.5) is 5.69 Å². The Morgan fingerprint density at radius 3 is 2.66 bits per heavy atom. The summed E-state index contributed by atoms with van der Waals surface area (Å²) < 4.78 is 13.5. The molecule has 0 aliphatic heterocycles. The van der Waals surface area contributed by atoms with Crippen molar-refractivity contribution in [2.45, 2.75) is 33.4 Å². The Balaban J connectivity index is 1.53. The minimum absolute atomic E-state index is 0.143. The molecule has 0 fully saturated rings. The maximum absolute atomic E-state index is 12.3.